The molecule has 1 aliphatic heterocycles. The maximum Gasteiger partial charge on any atom is 0.252 e. The van der Waals surface area contributed by atoms with Crippen LogP contribution in [0.1, 0.15) is 35.8 Å². The summed E-state index contributed by atoms with van der Waals surface area (Å²) in [6, 6.07) is 6.55. The van der Waals surface area contributed by atoms with Gasteiger partial charge in [-0.1, -0.05) is 6.07 Å². The van der Waals surface area contributed by atoms with E-state index in [1.165, 1.54) is 0 Å². The van der Waals surface area contributed by atoms with Gasteiger partial charge in [0.1, 0.15) is 0 Å². The van der Waals surface area contributed by atoms with Gasteiger partial charge in [-0.15, -0.1) is 36.2 Å². The highest BCUT2D eigenvalue weighted by atomic mass is 35.5. The van der Waals surface area contributed by atoms with Gasteiger partial charge in [0.25, 0.3) is 5.91 Å². The van der Waals surface area contributed by atoms with Crippen LogP contribution in [0.2, 0.25) is 0 Å². The number of thiophene rings is 1. The second-order valence-electron chi connectivity index (χ2n) is 6.99. The van der Waals surface area contributed by atoms with Crippen LogP contribution in [0.25, 0.3) is 21.6 Å². The van der Waals surface area contributed by atoms with Gasteiger partial charge >= 0.3 is 0 Å². The minimum absolute atomic E-state index is 0. The summed E-state index contributed by atoms with van der Waals surface area (Å²) in [5.41, 5.74) is 3.06. The predicted molar refractivity (Wildman–Crippen MR) is 119 cm³/mol. The molecule has 4 heterocycles. The standard InChI is InChI=1S/C19H23N5OS.2ClH/c1-11-9-13(6-7-20-11)21-19(25)14-10-15(16-5-4-8-26-16)22-18-17(14)12(2)23-24(18)3;;/h4-5,8,10-11,13,20H,6-7,9H2,1-3H3,(H,21,25);2*1H. The third-order valence-corrected chi connectivity index (χ3v) is 5.84. The van der Waals surface area contributed by atoms with Crippen LogP contribution in [-0.2, 0) is 7.05 Å². The first kappa shape index (κ1) is 22.6. The normalized spacial score (nSPS) is 19.0. The van der Waals surface area contributed by atoms with E-state index in [2.05, 4.69) is 22.7 Å². The van der Waals surface area contributed by atoms with Crippen molar-refractivity contribution in [2.24, 2.45) is 7.05 Å². The number of hydrogen-bond acceptors (Lipinski definition) is 5. The number of piperidine rings is 1. The monoisotopic (exact) mass is 441 g/mol. The Morgan fingerprint density at radius 2 is 2.18 bits per heavy atom. The minimum Gasteiger partial charge on any atom is -0.349 e. The fourth-order valence-corrected chi connectivity index (χ4v) is 4.39. The summed E-state index contributed by atoms with van der Waals surface area (Å²) in [6.45, 7) is 5.02. The number of rotatable bonds is 3. The molecule has 152 valence electrons. The van der Waals surface area contributed by atoms with Gasteiger partial charge in [-0.2, -0.15) is 5.10 Å². The fourth-order valence-electron chi connectivity index (χ4n) is 3.70. The van der Waals surface area contributed by atoms with Crippen LogP contribution in [0.3, 0.4) is 0 Å². The molecular formula is C19H25Cl2N5OS. The van der Waals surface area contributed by atoms with Crippen molar-refractivity contribution < 1.29 is 4.79 Å². The Morgan fingerprint density at radius 1 is 1.39 bits per heavy atom. The summed E-state index contributed by atoms with van der Waals surface area (Å²) < 4.78 is 1.76. The van der Waals surface area contributed by atoms with Crippen molar-refractivity contribution in [1.82, 2.24) is 25.4 Å². The van der Waals surface area contributed by atoms with Gasteiger partial charge in [0.15, 0.2) is 5.65 Å². The summed E-state index contributed by atoms with van der Waals surface area (Å²) in [5, 5.41) is 14.0. The van der Waals surface area contributed by atoms with Crippen LogP contribution in [0.5, 0.6) is 0 Å². The molecule has 0 bridgehead atoms. The Balaban J connectivity index is 0.00000140. The molecule has 2 atom stereocenters. The summed E-state index contributed by atoms with van der Waals surface area (Å²) in [7, 11) is 1.87. The first-order chi connectivity index (χ1) is 12.5. The van der Waals surface area contributed by atoms with Gasteiger partial charge < -0.3 is 10.6 Å². The lowest BCUT2D eigenvalue weighted by Gasteiger charge is -2.28. The van der Waals surface area contributed by atoms with Crippen molar-refractivity contribution in [2.45, 2.75) is 38.8 Å². The summed E-state index contributed by atoms with van der Waals surface area (Å²) >= 11 is 1.62. The molecule has 1 amide bonds. The topological polar surface area (TPSA) is 71.8 Å². The number of amides is 1. The van der Waals surface area contributed by atoms with Crippen molar-refractivity contribution in [3.05, 3.63) is 34.8 Å². The van der Waals surface area contributed by atoms with E-state index >= 15 is 0 Å². The average molecular weight is 442 g/mol. The van der Waals surface area contributed by atoms with E-state index < -0.39 is 0 Å². The molecule has 4 rings (SSSR count). The molecule has 9 heteroatoms. The lowest BCUT2D eigenvalue weighted by molar-refractivity contribution is 0.0927. The Hall–Kier alpha value is -1.67. The Kier molecular flexibility index (Phi) is 7.45. The zero-order valence-electron chi connectivity index (χ0n) is 16.1. The molecule has 1 aliphatic rings. The van der Waals surface area contributed by atoms with Crippen molar-refractivity contribution in [2.75, 3.05) is 6.54 Å². The number of aromatic nitrogens is 3. The zero-order valence-corrected chi connectivity index (χ0v) is 18.5. The maximum absolute atomic E-state index is 13.1. The van der Waals surface area contributed by atoms with E-state index in [-0.39, 0.29) is 36.8 Å². The molecule has 28 heavy (non-hydrogen) atoms. The van der Waals surface area contributed by atoms with Crippen LogP contribution in [0.15, 0.2) is 23.6 Å². The Labute approximate surface area is 180 Å². The first-order valence-corrected chi connectivity index (χ1v) is 9.83. The van der Waals surface area contributed by atoms with Crippen LogP contribution < -0.4 is 10.6 Å². The van der Waals surface area contributed by atoms with Crippen LogP contribution >= 0.6 is 36.2 Å². The molecule has 6 nitrogen and oxygen atoms in total. The van der Waals surface area contributed by atoms with Gasteiger partial charge in [0.2, 0.25) is 0 Å². The second-order valence-corrected chi connectivity index (χ2v) is 7.94. The Bertz CT molecular complexity index is 957. The Morgan fingerprint density at radius 3 is 2.86 bits per heavy atom. The molecule has 0 radical (unpaired) electrons. The van der Waals surface area contributed by atoms with Crippen molar-refractivity contribution in [3.8, 4) is 10.6 Å². The van der Waals surface area contributed by atoms with Crippen LogP contribution in [0.4, 0.5) is 0 Å². The number of hydrogen-bond donors (Lipinski definition) is 2. The SMILES string of the molecule is Cc1nn(C)c2nc(-c3cccs3)cc(C(=O)NC3CCNC(C)C3)c12.Cl.Cl. The van der Waals surface area contributed by atoms with Crippen LogP contribution in [-0.4, -0.2) is 39.3 Å². The largest absolute Gasteiger partial charge is 0.349 e. The van der Waals surface area contributed by atoms with Crippen LogP contribution in [0, 0.1) is 6.92 Å². The first-order valence-electron chi connectivity index (χ1n) is 8.95. The van der Waals surface area contributed by atoms with E-state index in [0.29, 0.717) is 11.6 Å². The molecule has 1 saturated heterocycles. The third kappa shape index (κ3) is 4.33. The molecular weight excluding hydrogens is 417 g/mol. The molecule has 0 aliphatic carbocycles. The molecule has 3 aromatic rings. The van der Waals surface area contributed by atoms with E-state index in [1.807, 2.05) is 37.6 Å². The number of pyridine rings is 1. The number of fused-ring (bicyclic) bond motifs is 1. The van der Waals surface area contributed by atoms with Crippen molar-refractivity contribution >= 4 is 53.1 Å². The van der Waals surface area contributed by atoms with Gasteiger partial charge in [0.05, 0.1) is 27.2 Å². The molecule has 2 unspecified atom stereocenters. The average Bonchev–Trinajstić information content (AvgIpc) is 3.23. The number of aryl methyl sites for hydroxylation is 2. The number of nitrogens with one attached hydrogen (secondary N) is 2. The lowest BCUT2D eigenvalue weighted by Crippen LogP contribution is -2.46. The highest BCUT2D eigenvalue weighted by Gasteiger charge is 2.24. The van der Waals surface area contributed by atoms with E-state index in [4.69, 9.17) is 4.98 Å². The summed E-state index contributed by atoms with van der Waals surface area (Å²) in [5.74, 6) is -0.0367. The van der Waals surface area contributed by atoms with E-state index in [9.17, 15) is 4.79 Å². The van der Waals surface area contributed by atoms with Gasteiger partial charge in [-0.05, 0) is 50.7 Å². The quantitative estimate of drug-likeness (QED) is 0.649. The molecule has 2 N–H and O–H groups in total. The number of carbonyl (C=O) groups is 1. The highest BCUT2D eigenvalue weighted by Crippen LogP contribution is 2.29. The molecule has 0 saturated carbocycles. The van der Waals surface area contributed by atoms with Gasteiger partial charge in [-0.3, -0.25) is 9.48 Å². The predicted octanol–water partition coefficient (Wildman–Crippen LogP) is 3.72. The van der Waals surface area contributed by atoms with Gasteiger partial charge in [0, 0.05) is 19.1 Å². The number of nitrogens with zero attached hydrogens (tertiary/aromatic N) is 3. The third-order valence-electron chi connectivity index (χ3n) is 4.95. The fraction of sp³-hybridized carbons (Fsp3) is 0.421. The second kappa shape index (κ2) is 9.22. The summed E-state index contributed by atoms with van der Waals surface area (Å²) in [6.07, 6.45) is 1.90. The van der Waals surface area contributed by atoms with E-state index in [1.54, 1.807) is 16.0 Å². The van der Waals surface area contributed by atoms with E-state index in [0.717, 1.165) is 46.7 Å². The summed E-state index contributed by atoms with van der Waals surface area (Å²) in [4.78, 5) is 18.9. The maximum atomic E-state index is 13.1. The smallest absolute Gasteiger partial charge is 0.252 e. The number of carbonyl (C=O) groups excluding carboxylic acids is 1. The van der Waals surface area contributed by atoms with Gasteiger partial charge in [-0.25, -0.2) is 4.98 Å². The molecule has 3 aromatic heterocycles. The lowest BCUT2D eigenvalue weighted by atomic mass is 9.99. The zero-order chi connectivity index (χ0) is 18.3. The minimum atomic E-state index is -0.0367. The van der Waals surface area contributed by atoms with Crippen molar-refractivity contribution in [1.29, 1.82) is 0 Å². The number of halogens is 2. The highest BCUT2D eigenvalue weighted by molar-refractivity contribution is 7.13. The molecule has 0 spiro atoms. The van der Waals surface area contributed by atoms with Crippen molar-refractivity contribution in [3.63, 3.8) is 0 Å². The molecule has 1 fully saturated rings. The molecule has 0 aromatic carbocycles.